The molecule has 0 saturated heterocycles. The summed E-state index contributed by atoms with van der Waals surface area (Å²) < 4.78 is 13.2. The zero-order chi connectivity index (χ0) is 19.7. The molecule has 2 heterocycles. The first-order chi connectivity index (χ1) is 13.5. The van der Waals surface area contributed by atoms with Gasteiger partial charge < -0.3 is 5.32 Å². The summed E-state index contributed by atoms with van der Waals surface area (Å²) in [4.78, 5) is 28.1. The molecule has 0 aliphatic carbocycles. The lowest BCUT2D eigenvalue weighted by molar-refractivity contribution is -0.137. The van der Waals surface area contributed by atoms with E-state index in [9.17, 15) is 14.0 Å². The molecule has 3 aromatic rings. The molecule has 0 fully saturated rings. The molecule has 1 N–H and O–H groups in total. The lowest BCUT2D eigenvalue weighted by Crippen LogP contribution is -2.31. The summed E-state index contributed by atoms with van der Waals surface area (Å²) in [5.41, 5.74) is 3.09. The van der Waals surface area contributed by atoms with Gasteiger partial charge in [-0.1, -0.05) is 35.9 Å². The van der Waals surface area contributed by atoms with Crippen molar-refractivity contribution in [3.8, 4) is 0 Å². The molecule has 0 unspecified atom stereocenters. The molecule has 1 aliphatic rings. The fourth-order valence-electron chi connectivity index (χ4n) is 3.04. The number of aryl methyl sites for hydroxylation is 1. The van der Waals surface area contributed by atoms with Crippen molar-refractivity contribution in [1.82, 2.24) is 4.90 Å². The first kappa shape index (κ1) is 18.1. The number of nitrogens with zero attached hydrogens (tertiary/aromatic N) is 1. The Morgan fingerprint density at radius 1 is 0.964 bits per heavy atom. The predicted molar refractivity (Wildman–Crippen MR) is 108 cm³/mol. The number of thiophene rings is 1. The SMILES string of the molecule is Cc1ccc(CN2C(=O)C(Nc3ccc(F)cc3)=C(c3cccs3)C2=O)cc1. The van der Waals surface area contributed by atoms with Crippen LogP contribution in [0.15, 0.2) is 71.7 Å². The van der Waals surface area contributed by atoms with Crippen molar-refractivity contribution in [2.45, 2.75) is 13.5 Å². The third-order valence-corrected chi connectivity index (χ3v) is 5.40. The third-order valence-electron chi connectivity index (χ3n) is 4.51. The van der Waals surface area contributed by atoms with Crippen LogP contribution in [-0.4, -0.2) is 16.7 Å². The smallest absolute Gasteiger partial charge is 0.278 e. The Morgan fingerprint density at radius 2 is 1.68 bits per heavy atom. The van der Waals surface area contributed by atoms with Gasteiger partial charge in [0.15, 0.2) is 0 Å². The predicted octanol–water partition coefficient (Wildman–Crippen LogP) is 4.59. The number of carbonyl (C=O) groups excluding carboxylic acids is 2. The van der Waals surface area contributed by atoms with Crippen molar-refractivity contribution in [3.05, 3.63) is 93.6 Å². The normalized spacial score (nSPS) is 14.1. The minimum Gasteiger partial charge on any atom is -0.350 e. The van der Waals surface area contributed by atoms with E-state index in [0.717, 1.165) is 16.0 Å². The Hall–Kier alpha value is -3.25. The van der Waals surface area contributed by atoms with E-state index in [-0.39, 0.29) is 24.0 Å². The Kier molecular flexibility index (Phi) is 4.79. The molecule has 0 radical (unpaired) electrons. The molecule has 0 spiro atoms. The van der Waals surface area contributed by atoms with Crippen LogP contribution in [-0.2, 0) is 16.1 Å². The molecule has 1 aliphatic heterocycles. The largest absolute Gasteiger partial charge is 0.350 e. The van der Waals surface area contributed by atoms with E-state index in [2.05, 4.69) is 5.32 Å². The third kappa shape index (κ3) is 3.46. The van der Waals surface area contributed by atoms with Gasteiger partial charge in [0.05, 0.1) is 12.1 Å². The molecule has 2 aromatic carbocycles. The highest BCUT2D eigenvalue weighted by molar-refractivity contribution is 7.11. The maximum absolute atomic E-state index is 13.2. The van der Waals surface area contributed by atoms with E-state index in [0.29, 0.717) is 11.3 Å². The molecular formula is C22H17FN2O2S. The van der Waals surface area contributed by atoms with Crippen LogP contribution in [0.5, 0.6) is 0 Å². The van der Waals surface area contributed by atoms with Crippen molar-refractivity contribution in [3.63, 3.8) is 0 Å². The summed E-state index contributed by atoms with van der Waals surface area (Å²) in [6, 6.07) is 17.0. The molecule has 4 rings (SSSR count). The molecule has 28 heavy (non-hydrogen) atoms. The van der Waals surface area contributed by atoms with Gasteiger partial charge in [0.1, 0.15) is 11.5 Å². The quantitative estimate of drug-likeness (QED) is 0.646. The topological polar surface area (TPSA) is 49.4 Å². The fourth-order valence-corrected chi connectivity index (χ4v) is 3.81. The van der Waals surface area contributed by atoms with Crippen LogP contribution in [0.4, 0.5) is 10.1 Å². The number of hydrogen-bond acceptors (Lipinski definition) is 4. The fraction of sp³-hybridized carbons (Fsp3) is 0.0909. The van der Waals surface area contributed by atoms with Crippen LogP contribution >= 0.6 is 11.3 Å². The molecule has 1 aromatic heterocycles. The zero-order valence-electron chi connectivity index (χ0n) is 15.1. The summed E-state index contributed by atoms with van der Waals surface area (Å²) >= 11 is 1.40. The van der Waals surface area contributed by atoms with Crippen molar-refractivity contribution in [1.29, 1.82) is 0 Å². The van der Waals surface area contributed by atoms with E-state index in [1.54, 1.807) is 0 Å². The highest BCUT2D eigenvalue weighted by atomic mass is 32.1. The number of nitrogens with one attached hydrogen (secondary N) is 1. The van der Waals surface area contributed by atoms with E-state index >= 15 is 0 Å². The van der Waals surface area contributed by atoms with Gasteiger partial charge in [0, 0.05) is 10.6 Å². The number of halogens is 1. The second-order valence-electron chi connectivity index (χ2n) is 6.54. The monoisotopic (exact) mass is 392 g/mol. The molecular weight excluding hydrogens is 375 g/mol. The van der Waals surface area contributed by atoms with Gasteiger partial charge in [-0.2, -0.15) is 0 Å². The average molecular weight is 392 g/mol. The van der Waals surface area contributed by atoms with Gasteiger partial charge in [0.25, 0.3) is 11.8 Å². The van der Waals surface area contributed by atoms with E-state index in [1.807, 2.05) is 48.7 Å². The van der Waals surface area contributed by atoms with Crippen LogP contribution in [0.25, 0.3) is 5.57 Å². The number of imide groups is 1. The van der Waals surface area contributed by atoms with Gasteiger partial charge in [-0.25, -0.2) is 4.39 Å². The number of rotatable bonds is 5. The molecule has 0 saturated carbocycles. The first-order valence-electron chi connectivity index (χ1n) is 8.75. The number of amides is 2. The molecule has 4 nitrogen and oxygen atoms in total. The van der Waals surface area contributed by atoms with Crippen molar-refractivity contribution in [2.75, 3.05) is 5.32 Å². The second kappa shape index (κ2) is 7.40. The van der Waals surface area contributed by atoms with Crippen LogP contribution in [0.1, 0.15) is 16.0 Å². The van der Waals surface area contributed by atoms with Gasteiger partial charge >= 0.3 is 0 Å². The lowest BCUT2D eigenvalue weighted by Gasteiger charge is -2.15. The summed E-state index contributed by atoms with van der Waals surface area (Å²) in [5.74, 6) is -1.09. The van der Waals surface area contributed by atoms with Gasteiger partial charge in [-0.3, -0.25) is 14.5 Å². The van der Waals surface area contributed by atoms with Crippen molar-refractivity contribution >= 4 is 34.4 Å². The van der Waals surface area contributed by atoms with Gasteiger partial charge in [-0.05, 0) is 48.2 Å². The minimum atomic E-state index is -0.390. The van der Waals surface area contributed by atoms with Crippen LogP contribution in [0, 0.1) is 12.7 Å². The first-order valence-corrected chi connectivity index (χ1v) is 9.63. The van der Waals surface area contributed by atoms with Crippen LogP contribution < -0.4 is 5.32 Å². The zero-order valence-corrected chi connectivity index (χ0v) is 15.9. The summed E-state index contributed by atoms with van der Waals surface area (Å²) in [7, 11) is 0. The van der Waals surface area contributed by atoms with Crippen molar-refractivity contribution in [2.24, 2.45) is 0 Å². The second-order valence-corrected chi connectivity index (χ2v) is 7.49. The number of anilines is 1. The Labute approximate surface area is 165 Å². The highest BCUT2D eigenvalue weighted by Gasteiger charge is 2.39. The minimum absolute atomic E-state index is 0.196. The Balaban J connectivity index is 1.69. The van der Waals surface area contributed by atoms with Gasteiger partial charge in [-0.15, -0.1) is 11.3 Å². The Bertz CT molecular complexity index is 1050. The van der Waals surface area contributed by atoms with E-state index in [4.69, 9.17) is 0 Å². The average Bonchev–Trinajstić information content (AvgIpc) is 3.28. The summed E-state index contributed by atoms with van der Waals surface area (Å²) in [6.45, 7) is 2.18. The Morgan fingerprint density at radius 3 is 2.32 bits per heavy atom. The number of carbonyl (C=O) groups is 2. The molecule has 140 valence electrons. The molecule has 2 amide bonds. The lowest BCUT2D eigenvalue weighted by atomic mass is 10.1. The highest BCUT2D eigenvalue weighted by Crippen LogP contribution is 2.33. The van der Waals surface area contributed by atoms with Crippen LogP contribution in [0.2, 0.25) is 0 Å². The van der Waals surface area contributed by atoms with Crippen LogP contribution in [0.3, 0.4) is 0 Å². The van der Waals surface area contributed by atoms with Crippen molar-refractivity contribution < 1.29 is 14.0 Å². The summed E-state index contributed by atoms with van der Waals surface area (Å²) in [6.07, 6.45) is 0. The number of hydrogen-bond donors (Lipinski definition) is 1. The molecule has 0 bridgehead atoms. The van der Waals surface area contributed by atoms with E-state index < -0.39 is 5.91 Å². The van der Waals surface area contributed by atoms with E-state index in [1.165, 1.54) is 40.5 Å². The maximum atomic E-state index is 13.2. The molecule has 6 heteroatoms. The maximum Gasteiger partial charge on any atom is 0.278 e. The number of benzene rings is 2. The standard InChI is InChI=1S/C22H17FN2O2S/c1-14-4-6-15(7-5-14)13-25-21(26)19(18-3-2-12-28-18)20(22(25)27)24-17-10-8-16(23)9-11-17/h2-12,24H,13H2,1H3. The summed E-state index contributed by atoms with van der Waals surface area (Å²) in [5, 5.41) is 4.88. The van der Waals surface area contributed by atoms with Gasteiger partial charge in [0.2, 0.25) is 0 Å². The molecule has 0 atom stereocenters.